The predicted octanol–water partition coefficient (Wildman–Crippen LogP) is 1.83. The van der Waals surface area contributed by atoms with Gasteiger partial charge in [0.15, 0.2) is 0 Å². The molecule has 2 aromatic heterocycles. The fourth-order valence-electron chi connectivity index (χ4n) is 3.03. The second-order valence-electron chi connectivity index (χ2n) is 6.08. The van der Waals surface area contributed by atoms with Gasteiger partial charge in [0.25, 0.3) is 0 Å². The Balaban J connectivity index is 1.62. The third-order valence-corrected chi connectivity index (χ3v) is 5.07. The largest absolute Gasteiger partial charge is 0.383 e. The molecule has 3 rings (SSSR count). The molecule has 1 amide bonds. The van der Waals surface area contributed by atoms with Gasteiger partial charge in [0.2, 0.25) is 5.91 Å². The highest BCUT2D eigenvalue weighted by Crippen LogP contribution is 2.26. The molecule has 1 aliphatic rings. The summed E-state index contributed by atoms with van der Waals surface area (Å²) in [5.41, 5.74) is 2.19. The van der Waals surface area contributed by atoms with E-state index in [1.807, 2.05) is 6.20 Å². The number of thiophene rings is 1. The van der Waals surface area contributed by atoms with Crippen LogP contribution in [0, 0.1) is 0 Å². The van der Waals surface area contributed by atoms with Crippen LogP contribution in [0.5, 0.6) is 0 Å². The van der Waals surface area contributed by atoms with Gasteiger partial charge < -0.3 is 14.6 Å². The number of hydrogen-bond acceptors (Lipinski definition) is 5. The standard InChI is InChI=1S/C17H24N4O2S/c1-13-17-19-15(9-16(22)18-4-7-23-2)11-21(17)6-5-20(13)10-14-3-8-24-12-14/h3,8,11-13H,4-7,9-10H2,1-2H3,(H,18,22)/t13-/m1/s1. The van der Waals surface area contributed by atoms with Gasteiger partial charge in [-0.2, -0.15) is 11.3 Å². The number of fused-ring (bicyclic) bond motifs is 1. The maximum Gasteiger partial charge on any atom is 0.226 e. The number of carbonyl (C=O) groups is 1. The Labute approximate surface area is 146 Å². The summed E-state index contributed by atoms with van der Waals surface area (Å²) in [6, 6.07) is 2.43. The molecular formula is C17H24N4O2S. The first-order valence-electron chi connectivity index (χ1n) is 8.24. The van der Waals surface area contributed by atoms with Gasteiger partial charge in [-0.15, -0.1) is 0 Å². The molecule has 0 bridgehead atoms. The highest BCUT2D eigenvalue weighted by atomic mass is 32.1. The molecule has 0 aliphatic carbocycles. The summed E-state index contributed by atoms with van der Waals surface area (Å²) in [4.78, 5) is 19.1. The molecule has 0 saturated heterocycles. The molecular weight excluding hydrogens is 324 g/mol. The number of methoxy groups -OCH3 is 1. The number of aromatic nitrogens is 2. The van der Waals surface area contributed by atoms with Crippen molar-refractivity contribution in [2.45, 2.75) is 32.5 Å². The number of rotatable bonds is 7. The summed E-state index contributed by atoms with van der Waals surface area (Å²) in [6.45, 7) is 6.12. The van der Waals surface area contributed by atoms with E-state index < -0.39 is 0 Å². The van der Waals surface area contributed by atoms with E-state index in [9.17, 15) is 4.79 Å². The van der Waals surface area contributed by atoms with E-state index in [4.69, 9.17) is 9.72 Å². The Morgan fingerprint density at radius 2 is 2.38 bits per heavy atom. The van der Waals surface area contributed by atoms with Crippen molar-refractivity contribution in [1.82, 2.24) is 19.8 Å². The molecule has 0 saturated carbocycles. The van der Waals surface area contributed by atoms with Gasteiger partial charge in [0.1, 0.15) is 5.82 Å². The number of carbonyl (C=O) groups excluding carboxylic acids is 1. The number of ether oxygens (including phenoxy) is 1. The van der Waals surface area contributed by atoms with Gasteiger partial charge in [0.05, 0.1) is 24.8 Å². The Morgan fingerprint density at radius 1 is 1.50 bits per heavy atom. The SMILES string of the molecule is COCCNC(=O)Cc1cn2c(n1)[C@@H](C)N(Cc1ccsc1)CC2. The average molecular weight is 348 g/mol. The van der Waals surface area contributed by atoms with E-state index in [1.54, 1.807) is 18.4 Å². The van der Waals surface area contributed by atoms with E-state index in [2.05, 4.69) is 38.5 Å². The molecule has 0 unspecified atom stereocenters. The Hall–Kier alpha value is -1.70. The van der Waals surface area contributed by atoms with E-state index in [0.29, 0.717) is 19.6 Å². The minimum Gasteiger partial charge on any atom is -0.383 e. The van der Waals surface area contributed by atoms with E-state index >= 15 is 0 Å². The third-order valence-electron chi connectivity index (χ3n) is 4.34. The molecule has 2 aromatic rings. The van der Waals surface area contributed by atoms with Crippen LogP contribution in [0.1, 0.15) is 30.0 Å². The van der Waals surface area contributed by atoms with Crippen molar-refractivity contribution in [3.8, 4) is 0 Å². The van der Waals surface area contributed by atoms with Gasteiger partial charge in [-0.05, 0) is 29.3 Å². The maximum absolute atomic E-state index is 11.9. The molecule has 7 heteroatoms. The van der Waals surface area contributed by atoms with Crippen LogP contribution in [0.4, 0.5) is 0 Å². The van der Waals surface area contributed by atoms with Crippen molar-refractivity contribution in [3.05, 3.63) is 40.1 Å². The smallest absolute Gasteiger partial charge is 0.226 e. The van der Waals surface area contributed by atoms with Crippen LogP contribution >= 0.6 is 11.3 Å². The van der Waals surface area contributed by atoms with Crippen LogP contribution in [0.15, 0.2) is 23.0 Å². The van der Waals surface area contributed by atoms with Crippen LogP contribution in [0.2, 0.25) is 0 Å². The summed E-state index contributed by atoms with van der Waals surface area (Å²) in [5, 5.41) is 7.15. The highest BCUT2D eigenvalue weighted by Gasteiger charge is 2.26. The second-order valence-corrected chi connectivity index (χ2v) is 6.86. The number of nitrogens with one attached hydrogen (secondary N) is 1. The molecule has 1 N–H and O–H groups in total. The lowest BCUT2D eigenvalue weighted by atomic mass is 10.2. The van der Waals surface area contributed by atoms with Crippen LogP contribution in [-0.2, 0) is 29.0 Å². The zero-order valence-electron chi connectivity index (χ0n) is 14.2. The van der Waals surface area contributed by atoms with E-state index in [1.165, 1.54) is 5.56 Å². The highest BCUT2D eigenvalue weighted by molar-refractivity contribution is 7.07. The van der Waals surface area contributed by atoms with Crippen molar-refractivity contribution < 1.29 is 9.53 Å². The lowest BCUT2D eigenvalue weighted by molar-refractivity contribution is -0.120. The first-order chi connectivity index (χ1) is 11.7. The quantitative estimate of drug-likeness (QED) is 0.776. The molecule has 130 valence electrons. The first kappa shape index (κ1) is 17.1. The average Bonchev–Trinajstić information content (AvgIpc) is 3.20. The van der Waals surface area contributed by atoms with Crippen LogP contribution in [-0.4, -0.2) is 47.2 Å². The molecule has 0 fully saturated rings. The summed E-state index contributed by atoms with van der Waals surface area (Å²) >= 11 is 1.73. The zero-order valence-corrected chi connectivity index (χ0v) is 15.0. The summed E-state index contributed by atoms with van der Waals surface area (Å²) in [6.07, 6.45) is 2.34. The van der Waals surface area contributed by atoms with Gasteiger partial charge in [0, 0.05) is 39.5 Å². The van der Waals surface area contributed by atoms with Crippen molar-refractivity contribution in [2.75, 3.05) is 26.8 Å². The predicted molar refractivity (Wildman–Crippen MR) is 94.0 cm³/mol. The summed E-state index contributed by atoms with van der Waals surface area (Å²) in [5.74, 6) is 1.04. The van der Waals surface area contributed by atoms with Crippen molar-refractivity contribution in [3.63, 3.8) is 0 Å². The van der Waals surface area contributed by atoms with Crippen molar-refractivity contribution >= 4 is 17.2 Å². The van der Waals surface area contributed by atoms with E-state index in [0.717, 1.165) is 31.2 Å². The topological polar surface area (TPSA) is 59.4 Å². The second kappa shape index (κ2) is 7.92. The van der Waals surface area contributed by atoms with Gasteiger partial charge in [-0.3, -0.25) is 9.69 Å². The monoisotopic (exact) mass is 348 g/mol. The summed E-state index contributed by atoms with van der Waals surface area (Å²) in [7, 11) is 1.62. The molecule has 0 spiro atoms. The Morgan fingerprint density at radius 3 is 3.12 bits per heavy atom. The number of hydrogen-bond donors (Lipinski definition) is 1. The number of nitrogens with zero attached hydrogens (tertiary/aromatic N) is 3. The van der Waals surface area contributed by atoms with Crippen LogP contribution in [0.25, 0.3) is 0 Å². The minimum atomic E-state index is -0.00900. The number of amides is 1. The minimum absolute atomic E-state index is 0.00900. The van der Waals surface area contributed by atoms with Gasteiger partial charge >= 0.3 is 0 Å². The molecule has 1 aliphatic heterocycles. The maximum atomic E-state index is 11.9. The van der Waals surface area contributed by atoms with E-state index in [-0.39, 0.29) is 11.9 Å². The molecule has 0 aromatic carbocycles. The Kier molecular flexibility index (Phi) is 5.65. The molecule has 24 heavy (non-hydrogen) atoms. The normalized spacial score (nSPS) is 17.7. The molecule has 0 radical (unpaired) electrons. The van der Waals surface area contributed by atoms with Crippen LogP contribution in [0.3, 0.4) is 0 Å². The molecule has 3 heterocycles. The van der Waals surface area contributed by atoms with Crippen LogP contribution < -0.4 is 5.32 Å². The summed E-state index contributed by atoms with van der Waals surface area (Å²) < 4.78 is 7.13. The van der Waals surface area contributed by atoms with Crippen molar-refractivity contribution in [2.24, 2.45) is 0 Å². The Bertz CT molecular complexity index is 668. The number of imidazole rings is 1. The molecule has 6 nitrogen and oxygen atoms in total. The van der Waals surface area contributed by atoms with Crippen molar-refractivity contribution in [1.29, 1.82) is 0 Å². The zero-order chi connectivity index (χ0) is 16.9. The fourth-order valence-corrected chi connectivity index (χ4v) is 3.69. The lowest BCUT2D eigenvalue weighted by Gasteiger charge is -2.33. The third kappa shape index (κ3) is 4.03. The van der Waals surface area contributed by atoms with Gasteiger partial charge in [-0.1, -0.05) is 0 Å². The fraction of sp³-hybridized carbons (Fsp3) is 0.529. The van der Waals surface area contributed by atoms with Gasteiger partial charge in [-0.25, -0.2) is 4.98 Å². The molecule has 1 atom stereocenters. The first-order valence-corrected chi connectivity index (χ1v) is 9.18. The lowest BCUT2D eigenvalue weighted by Crippen LogP contribution is -2.36.